The SMILES string of the molecule is COc1ccc(CNc2cc(Br)nc(C3CC3)n2)cn1. The van der Waals surface area contributed by atoms with Gasteiger partial charge in [0.15, 0.2) is 0 Å². The summed E-state index contributed by atoms with van der Waals surface area (Å²) >= 11 is 3.43. The maximum Gasteiger partial charge on any atom is 0.212 e. The number of methoxy groups -OCH3 is 1. The van der Waals surface area contributed by atoms with Gasteiger partial charge in [-0.05, 0) is 34.3 Å². The standard InChI is InChI=1S/C14H15BrN4O/c1-20-13-5-2-9(8-17-13)7-16-12-6-11(15)18-14(19-12)10-3-4-10/h2,5-6,8,10H,3-4,7H2,1H3,(H,16,18,19). The van der Waals surface area contributed by atoms with Crippen LogP contribution in [-0.4, -0.2) is 22.1 Å². The summed E-state index contributed by atoms with van der Waals surface area (Å²) < 4.78 is 5.86. The first kappa shape index (κ1) is 13.3. The third-order valence-electron chi connectivity index (χ3n) is 3.14. The second kappa shape index (κ2) is 5.75. The normalized spacial score (nSPS) is 14.1. The minimum atomic E-state index is 0.538. The van der Waals surface area contributed by atoms with Gasteiger partial charge in [0.1, 0.15) is 16.2 Å². The molecule has 0 saturated heterocycles. The Bertz CT molecular complexity index is 599. The van der Waals surface area contributed by atoms with Crippen LogP contribution in [0.1, 0.15) is 30.1 Å². The highest BCUT2D eigenvalue weighted by molar-refractivity contribution is 9.10. The monoisotopic (exact) mass is 334 g/mol. The molecule has 0 unspecified atom stereocenters. The highest BCUT2D eigenvalue weighted by Crippen LogP contribution is 2.38. The van der Waals surface area contributed by atoms with E-state index in [-0.39, 0.29) is 0 Å². The third-order valence-corrected chi connectivity index (χ3v) is 3.54. The number of hydrogen-bond donors (Lipinski definition) is 1. The Balaban J connectivity index is 1.67. The molecule has 3 rings (SSSR count). The molecule has 0 atom stereocenters. The van der Waals surface area contributed by atoms with Gasteiger partial charge >= 0.3 is 0 Å². The zero-order valence-corrected chi connectivity index (χ0v) is 12.7. The van der Waals surface area contributed by atoms with Crippen LogP contribution < -0.4 is 10.1 Å². The van der Waals surface area contributed by atoms with Crippen LogP contribution in [0.5, 0.6) is 5.88 Å². The fourth-order valence-electron chi connectivity index (χ4n) is 1.88. The van der Waals surface area contributed by atoms with Crippen LogP contribution in [0.2, 0.25) is 0 Å². The Hall–Kier alpha value is -1.69. The second-order valence-electron chi connectivity index (χ2n) is 4.77. The van der Waals surface area contributed by atoms with Crippen LogP contribution in [0, 0.1) is 0 Å². The van der Waals surface area contributed by atoms with Crippen molar-refractivity contribution in [2.75, 3.05) is 12.4 Å². The van der Waals surface area contributed by atoms with Gasteiger partial charge in [0.25, 0.3) is 0 Å². The van der Waals surface area contributed by atoms with E-state index in [1.54, 1.807) is 13.3 Å². The number of nitrogens with zero attached hydrogens (tertiary/aromatic N) is 3. The molecule has 1 N–H and O–H groups in total. The highest BCUT2D eigenvalue weighted by Gasteiger charge is 2.27. The maximum absolute atomic E-state index is 5.04. The summed E-state index contributed by atoms with van der Waals surface area (Å²) in [6.45, 7) is 0.671. The lowest BCUT2D eigenvalue weighted by Gasteiger charge is -2.08. The van der Waals surface area contributed by atoms with Crippen molar-refractivity contribution in [3.63, 3.8) is 0 Å². The number of ether oxygens (including phenoxy) is 1. The van der Waals surface area contributed by atoms with Crippen LogP contribution >= 0.6 is 15.9 Å². The number of rotatable bonds is 5. The Morgan fingerprint density at radius 1 is 1.35 bits per heavy atom. The van der Waals surface area contributed by atoms with Crippen molar-refractivity contribution in [3.05, 3.63) is 40.4 Å². The first-order chi connectivity index (χ1) is 9.74. The van der Waals surface area contributed by atoms with Crippen molar-refractivity contribution in [2.45, 2.75) is 25.3 Å². The molecule has 6 heteroatoms. The van der Waals surface area contributed by atoms with E-state index in [1.165, 1.54) is 12.8 Å². The van der Waals surface area contributed by atoms with Crippen molar-refractivity contribution in [1.29, 1.82) is 0 Å². The average Bonchev–Trinajstić information content (AvgIpc) is 3.30. The van der Waals surface area contributed by atoms with Crippen molar-refractivity contribution in [1.82, 2.24) is 15.0 Å². The first-order valence-corrected chi connectivity index (χ1v) is 7.31. The predicted molar refractivity (Wildman–Crippen MR) is 79.8 cm³/mol. The molecule has 1 aliphatic rings. The van der Waals surface area contributed by atoms with E-state index in [0.29, 0.717) is 18.3 Å². The molecule has 104 valence electrons. The molecule has 0 radical (unpaired) electrons. The maximum atomic E-state index is 5.04. The topological polar surface area (TPSA) is 59.9 Å². The lowest BCUT2D eigenvalue weighted by atomic mass is 10.3. The molecule has 1 aliphatic carbocycles. The van der Waals surface area contributed by atoms with E-state index in [4.69, 9.17) is 4.74 Å². The largest absolute Gasteiger partial charge is 0.481 e. The van der Waals surface area contributed by atoms with Crippen LogP contribution in [-0.2, 0) is 6.54 Å². The molecule has 0 aromatic carbocycles. The van der Waals surface area contributed by atoms with Gasteiger partial charge in [-0.2, -0.15) is 0 Å². The molecule has 0 amide bonds. The molecule has 0 bridgehead atoms. The fourth-order valence-corrected chi connectivity index (χ4v) is 2.28. The van der Waals surface area contributed by atoms with E-state index in [9.17, 15) is 0 Å². The molecule has 0 spiro atoms. The molecule has 20 heavy (non-hydrogen) atoms. The predicted octanol–water partition coefficient (Wildman–Crippen LogP) is 3.13. The van der Waals surface area contributed by atoms with Gasteiger partial charge in [-0.3, -0.25) is 0 Å². The lowest BCUT2D eigenvalue weighted by molar-refractivity contribution is 0.397. The van der Waals surface area contributed by atoms with Crippen molar-refractivity contribution < 1.29 is 4.74 Å². The van der Waals surface area contributed by atoms with E-state index in [1.807, 2.05) is 18.2 Å². The number of anilines is 1. The number of halogens is 1. The second-order valence-corrected chi connectivity index (χ2v) is 5.58. The molecular formula is C14H15BrN4O. The van der Waals surface area contributed by atoms with Crippen molar-refractivity contribution in [2.24, 2.45) is 0 Å². The molecule has 5 nitrogen and oxygen atoms in total. The van der Waals surface area contributed by atoms with E-state index < -0.39 is 0 Å². The molecule has 1 saturated carbocycles. The summed E-state index contributed by atoms with van der Waals surface area (Å²) in [6, 6.07) is 5.72. The lowest BCUT2D eigenvalue weighted by Crippen LogP contribution is -2.04. The van der Waals surface area contributed by atoms with Gasteiger partial charge in [-0.15, -0.1) is 0 Å². The Morgan fingerprint density at radius 3 is 2.85 bits per heavy atom. The number of aromatic nitrogens is 3. The molecule has 2 aromatic rings. The van der Waals surface area contributed by atoms with Gasteiger partial charge in [0, 0.05) is 30.8 Å². The summed E-state index contributed by atoms with van der Waals surface area (Å²) in [5, 5.41) is 3.30. The minimum Gasteiger partial charge on any atom is -0.481 e. The highest BCUT2D eigenvalue weighted by atomic mass is 79.9. The minimum absolute atomic E-state index is 0.538. The van der Waals surface area contributed by atoms with Gasteiger partial charge in [-0.25, -0.2) is 15.0 Å². The first-order valence-electron chi connectivity index (χ1n) is 6.52. The Labute approximate surface area is 125 Å². The third kappa shape index (κ3) is 3.25. The summed E-state index contributed by atoms with van der Waals surface area (Å²) in [6.07, 6.45) is 4.18. The molecular weight excluding hydrogens is 320 g/mol. The van der Waals surface area contributed by atoms with Crippen LogP contribution in [0.25, 0.3) is 0 Å². The number of pyridine rings is 1. The molecule has 2 heterocycles. The van der Waals surface area contributed by atoms with Crippen molar-refractivity contribution >= 4 is 21.7 Å². The average molecular weight is 335 g/mol. The molecule has 0 aliphatic heterocycles. The summed E-state index contributed by atoms with van der Waals surface area (Å²) in [7, 11) is 1.61. The van der Waals surface area contributed by atoms with Gasteiger partial charge < -0.3 is 10.1 Å². The molecule has 2 aromatic heterocycles. The summed E-state index contributed by atoms with van der Waals surface area (Å²) in [5.41, 5.74) is 1.08. The Kier molecular flexibility index (Phi) is 3.82. The smallest absolute Gasteiger partial charge is 0.212 e. The van der Waals surface area contributed by atoms with Gasteiger partial charge in [0.2, 0.25) is 5.88 Å². The number of nitrogens with one attached hydrogen (secondary N) is 1. The Morgan fingerprint density at radius 2 is 2.20 bits per heavy atom. The van der Waals surface area contributed by atoms with Gasteiger partial charge in [-0.1, -0.05) is 6.07 Å². The van der Waals surface area contributed by atoms with E-state index in [2.05, 4.69) is 36.2 Å². The zero-order valence-electron chi connectivity index (χ0n) is 11.1. The van der Waals surface area contributed by atoms with Crippen LogP contribution in [0.4, 0.5) is 5.82 Å². The zero-order chi connectivity index (χ0) is 13.9. The van der Waals surface area contributed by atoms with Gasteiger partial charge in [0.05, 0.1) is 7.11 Å². The van der Waals surface area contributed by atoms with Crippen molar-refractivity contribution in [3.8, 4) is 5.88 Å². The molecule has 1 fully saturated rings. The van der Waals surface area contributed by atoms with Crippen LogP contribution in [0.3, 0.4) is 0 Å². The van der Waals surface area contributed by atoms with Crippen LogP contribution in [0.15, 0.2) is 29.0 Å². The summed E-state index contributed by atoms with van der Waals surface area (Å²) in [5.74, 6) is 2.92. The fraction of sp³-hybridized carbons (Fsp3) is 0.357. The number of hydrogen-bond acceptors (Lipinski definition) is 5. The quantitative estimate of drug-likeness (QED) is 0.851. The van der Waals surface area contributed by atoms with E-state index >= 15 is 0 Å². The summed E-state index contributed by atoms with van der Waals surface area (Å²) in [4.78, 5) is 13.1. The van der Waals surface area contributed by atoms with E-state index in [0.717, 1.165) is 21.8 Å².